The lowest BCUT2D eigenvalue weighted by atomic mass is 10.1. The number of rotatable bonds is 7. The SMILES string of the molecule is O=C(NCc1ccccc1F)c1cncc(NCCc2cccc(Cl)c2)c1. The van der Waals surface area contributed by atoms with E-state index in [0.717, 1.165) is 17.7 Å². The summed E-state index contributed by atoms with van der Waals surface area (Å²) in [5.74, 6) is -0.642. The molecule has 0 radical (unpaired) electrons. The number of anilines is 1. The maximum absolute atomic E-state index is 13.6. The Kier molecular flexibility index (Phi) is 6.39. The summed E-state index contributed by atoms with van der Waals surface area (Å²) in [7, 11) is 0. The van der Waals surface area contributed by atoms with Gasteiger partial charge in [-0.05, 0) is 36.2 Å². The zero-order valence-corrected chi connectivity index (χ0v) is 15.3. The van der Waals surface area contributed by atoms with E-state index in [0.29, 0.717) is 22.7 Å². The fraction of sp³-hybridized carbons (Fsp3) is 0.143. The van der Waals surface area contributed by atoms with E-state index < -0.39 is 0 Å². The van der Waals surface area contributed by atoms with Crippen LogP contribution in [0.2, 0.25) is 5.02 Å². The third-order valence-electron chi connectivity index (χ3n) is 4.03. The molecule has 138 valence electrons. The van der Waals surface area contributed by atoms with Gasteiger partial charge < -0.3 is 10.6 Å². The largest absolute Gasteiger partial charge is 0.383 e. The topological polar surface area (TPSA) is 54.0 Å². The van der Waals surface area contributed by atoms with Crippen molar-refractivity contribution < 1.29 is 9.18 Å². The van der Waals surface area contributed by atoms with Gasteiger partial charge in [0.25, 0.3) is 5.91 Å². The predicted octanol–water partition coefficient (Wildman–Crippen LogP) is 4.46. The highest BCUT2D eigenvalue weighted by atomic mass is 35.5. The molecular formula is C21H19ClFN3O. The smallest absolute Gasteiger partial charge is 0.253 e. The number of pyridine rings is 1. The van der Waals surface area contributed by atoms with Crippen molar-refractivity contribution in [2.45, 2.75) is 13.0 Å². The molecule has 27 heavy (non-hydrogen) atoms. The van der Waals surface area contributed by atoms with Crippen molar-refractivity contribution >= 4 is 23.2 Å². The number of aromatic nitrogens is 1. The molecule has 1 amide bonds. The maximum atomic E-state index is 13.6. The quantitative estimate of drug-likeness (QED) is 0.633. The van der Waals surface area contributed by atoms with Crippen molar-refractivity contribution in [1.29, 1.82) is 0 Å². The second-order valence-corrected chi connectivity index (χ2v) is 6.48. The Morgan fingerprint density at radius 2 is 1.93 bits per heavy atom. The zero-order chi connectivity index (χ0) is 19.1. The first kappa shape index (κ1) is 18.9. The number of hydrogen-bond donors (Lipinski definition) is 2. The van der Waals surface area contributed by atoms with Gasteiger partial charge in [0.05, 0.1) is 11.3 Å². The van der Waals surface area contributed by atoms with E-state index in [4.69, 9.17) is 11.6 Å². The zero-order valence-electron chi connectivity index (χ0n) is 14.6. The number of carbonyl (C=O) groups excluding carboxylic acids is 1. The van der Waals surface area contributed by atoms with Gasteiger partial charge in [-0.1, -0.05) is 41.9 Å². The van der Waals surface area contributed by atoms with Gasteiger partial charge >= 0.3 is 0 Å². The summed E-state index contributed by atoms with van der Waals surface area (Å²) >= 11 is 5.98. The number of nitrogens with one attached hydrogen (secondary N) is 2. The van der Waals surface area contributed by atoms with E-state index in [9.17, 15) is 9.18 Å². The highest BCUT2D eigenvalue weighted by Crippen LogP contribution is 2.13. The second kappa shape index (κ2) is 9.14. The lowest BCUT2D eigenvalue weighted by Crippen LogP contribution is -2.23. The molecule has 0 spiro atoms. The van der Waals surface area contributed by atoms with Crippen LogP contribution in [0.1, 0.15) is 21.5 Å². The van der Waals surface area contributed by atoms with E-state index in [-0.39, 0.29) is 18.3 Å². The molecule has 0 bridgehead atoms. The Balaban J connectivity index is 1.54. The third kappa shape index (κ3) is 5.53. The molecule has 0 atom stereocenters. The summed E-state index contributed by atoms with van der Waals surface area (Å²) < 4.78 is 13.6. The molecule has 0 saturated carbocycles. The first-order valence-corrected chi connectivity index (χ1v) is 8.94. The molecule has 4 nitrogen and oxygen atoms in total. The molecule has 0 unspecified atom stereocenters. The van der Waals surface area contributed by atoms with Gasteiger partial charge in [0.2, 0.25) is 0 Å². The number of halogens is 2. The fourth-order valence-electron chi connectivity index (χ4n) is 2.62. The van der Waals surface area contributed by atoms with E-state index in [1.54, 1.807) is 30.5 Å². The van der Waals surface area contributed by atoms with Crippen LogP contribution >= 0.6 is 11.6 Å². The normalized spacial score (nSPS) is 10.4. The van der Waals surface area contributed by atoms with Crippen molar-refractivity contribution in [3.63, 3.8) is 0 Å². The van der Waals surface area contributed by atoms with Crippen LogP contribution in [0.4, 0.5) is 10.1 Å². The average Bonchev–Trinajstić information content (AvgIpc) is 2.67. The molecule has 2 aromatic carbocycles. The molecule has 6 heteroatoms. The molecule has 0 saturated heterocycles. The predicted molar refractivity (Wildman–Crippen MR) is 105 cm³/mol. The van der Waals surface area contributed by atoms with Crippen LogP contribution in [-0.2, 0) is 13.0 Å². The highest BCUT2D eigenvalue weighted by molar-refractivity contribution is 6.30. The van der Waals surface area contributed by atoms with Crippen molar-refractivity contribution in [3.8, 4) is 0 Å². The molecule has 0 aliphatic rings. The van der Waals surface area contributed by atoms with Gasteiger partial charge in [-0.3, -0.25) is 9.78 Å². The number of amides is 1. The minimum absolute atomic E-state index is 0.123. The van der Waals surface area contributed by atoms with Crippen molar-refractivity contribution in [2.75, 3.05) is 11.9 Å². The molecule has 0 aliphatic carbocycles. The molecule has 1 aromatic heterocycles. The van der Waals surface area contributed by atoms with Crippen LogP contribution in [0, 0.1) is 5.82 Å². The van der Waals surface area contributed by atoms with Crippen LogP contribution < -0.4 is 10.6 Å². The van der Waals surface area contributed by atoms with Crippen LogP contribution in [0.3, 0.4) is 0 Å². The number of benzene rings is 2. The summed E-state index contributed by atoms with van der Waals surface area (Å²) in [6, 6.07) is 15.8. The molecule has 0 aliphatic heterocycles. The molecule has 3 rings (SSSR count). The van der Waals surface area contributed by atoms with Crippen LogP contribution in [0.5, 0.6) is 0 Å². The molecular weight excluding hydrogens is 365 g/mol. The summed E-state index contributed by atoms with van der Waals surface area (Å²) in [4.78, 5) is 16.4. The van der Waals surface area contributed by atoms with Crippen molar-refractivity contribution in [3.05, 3.63) is 94.5 Å². The number of carbonyl (C=O) groups is 1. The monoisotopic (exact) mass is 383 g/mol. The third-order valence-corrected chi connectivity index (χ3v) is 4.26. The van der Waals surface area contributed by atoms with Gasteiger partial charge in [-0.25, -0.2) is 4.39 Å². The van der Waals surface area contributed by atoms with Gasteiger partial charge in [0.1, 0.15) is 5.82 Å². The van der Waals surface area contributed by atoms with Gasteiger partial charge in [-0.15, -0.1) is 0 Å². The highest BCUT2D eigenvalue weighted by Gasteiger charge is 2.08. The summed E-state index contributed by atoms with van der Waals surface area (Å²) in [5.41, 5.74) is 2.73. The first-order valence-electron chi connectivity index (χ1n) is 8.57. The summed E-state index contributed by atoms with van der Waals surface area (Å²) in [6.45, 7) is 0.806. The Labute approximate surface area is 162 Å². The Bertz CT molecular complexity index is 933. The van der Waals surface area contributed by atoms with Gasteiger partial charge in [-0.2, -0.15) is 0 Å². The molecule has 0 fully saturated rings. The van der Waals surface area contributed by atoms with E-state index in [2.05, 4.69) is 15.6 Å². The first-order chi connectivity index (χ1) is 13.1. The number of nitrogens with zero attached hydrogens (tertiary/aromatic N) is 1. The van der Waals surface area contributed by atoms with Crippen LogP contribution in [0.15, 0.2) is 67.0 Å². The van der Waals surface area contributed by atoms with Crippen molar-refractivity contribution in [1.82, 2.24) is 10.3 Å². The lowest BCUT2D eigenvalue weighted by molar-refractivity contribution is 0.0950. The molecule has 3 aromatic rings. The van der Waals surface area contributed by atoms with Crippen LogP contribution in [-0.4, -0.2) is 17.4 Å². The maximum Gasteiger partial charge on any atom is 0.253 e. The molecule has 2 N–H and O–H groups in total. The summed E-state index contributed by atoms with van der Waals surface area (Å²) in [5, 5.41) is 6.67. The Hall–Kier alpha value is -2.92. The standard InChI is InChI=1S/C21H19ClFN3O/c22-18-6-3-4-15(10-18)8-9-25-19-11-17(12-24-14-19)21(27)26-13-16-5-1-2-7-20(16)23/h1-7,10-12,14,25H,8-9,13H2,(H,26,27). The fourth-order valence-corrected chi connectivity index (χ4v) is 2.84. The molecule has 1 heterocycles. The number of hydrogen-bond acceptors (Lipinski definition) is 3. The Morgan fingerprint density at radius 1 is 1.07 bits per heavy atom. The average molecular weight is 384 g/mol. The van der Waals surface area contributed by atoms with Gasteiger partial charge in [0.15, 0.2) is 0 Å². The Morgan fingerprint density at radius 3 is 2.74 bits per heavy atom. The van der Waals surface area contributed by atoms with Crippen LogP contribution in [0.25, 0.3) is 0 Å². The second-order valence-electron chi connectivity index (χ2n) is 6.04. The minimum Gasteiger partial charge on any atom is -0.383 e. The van der Waals surface area contributed by atoms with Gasteiger partial charge in [0, 0.05) is 36.1 Å². The summed E-state index contributed by atoms with van der Waals surface area (Å²) in [6.07, 6.45) is 3.94. The van der Waals surface area contributed by atoms with E-state index >= 15 is 0 Å². The van der Waals surface area contributed by atoms with Crippen molar-refractivity contribution in [2.24, 2.45) is 0 Å². The van der Waals surface area contributed by atoms with E-state index in [1.165, 1.54) is 12.3 Å². The lowest BCUT2D eigenvalue weighted by Gasteiger charge is -2.09. The minimum atomic E-state index is -0.340. The van der Waals surface area contributed by atoms with E-state index in [1.807, 2.05) is 24.3 Å².